The Balaban J connectivity index is 3.16. The standard InChI is InChI=1S/C6H7NO7S/c8-3-1-2-4(9)7(3)5(6(10)11)15(12,13)14/h5H,1-2H2,(H,10,11)(H,12,13,14). The van der Waals surface area contributed by atoms with Gasteiger partial charge >= 0.3 is 5.97 Å². The van der Waals surface area contributed by atoms with E-state index in [1.807, 2.05) is 0 Å². The summed E-state index contributed by atoms with van der Waals surface area (Å²) in [5.74, 6) is -3.82. The van der Waals surface area contributed by atoms with Gasteiger partial charge in [-0.05, 0) is 0 Å². The minimum atomic E-state index is -5.03. The molecule has 15 heavy (non-hydrogen) atoms. The molecule has 0 aliphatic carbocycles. The predicted octanol–water partition coefficient (Wildman–Crippen LogP) is -1.57. The SMILES string of the molecule is O=C(O)C(N1C(=O)CCC1=O)S(=O)(=O)O. The summed E-state index contributed by atoms with van der Waals surface area (Å²) in [5.41, 5.74) is 0. The maximum absolute atomic E-state index is 11.0. The van der Waals surface area contributed by atoms with Crippen molar-refractivity contribution in [1.29, 1.82) is 0 Å². The van der Waals surface area contributed by atoms with Crippen LogP contribution in [0.15, 0.2) is 0 Å². The molecule has 2 amide bonds. The molecular weight excluding hydrogens is 230 g/mol. The van der Waals surface area contributed by atoms with Crippen molar-refractivity contribution in [2.45, 2.75) is 18.2 Å². The summed E-state index contributed by atoms with van der Waals surface area (Å²) in [6.45, 7) is 0. The highest BCUT2D eigenvalue weighted by Crippen LogP contribution is 2.18. The quantitative estimate of drug-likeness (QED) is 0.448. The van der Waals surface area contributed by atoms with Crippen LogP contribution in [0.3, 0.4) is 0 Å². The summed E-state index contributed by atoms with van der Waals surface area (Å²) in [6, 6.07) is 0. The van der Waals surface area contributed by atoms with E-state index in [2.05, 4.69) is 0 Å². The first-order valence-electron chi connectivity index (χ1n) is 3.79. The molecule has 0 spiro atoms. The lowest BCUT2D eigenvalue weighted by Crippen LogP contribution is -2.49. The van der Waals surface area contributed by atoms with Crippen molar-refractivity contribution in [2.24, 2.45) is 0 Å². The molecule has 2 N–H and O–H groups in total. The van der Waals surface area contributed by atoms with Crippen molar-refractivity contribution in [3.8, 4) is 0 Å². The van der Waals surface area contributed by atoms with Gasteiger partial charge < -0.3 is 5.11 Å². The fourth-order valence-corrected chi connectivity index (χ4v) is 1.98. The Morgan fingerprint density at radius 1 is 1.27 bits per heavy atom. The molecule has 1 atom stereocenters. The number of carboxylic acid groups (broad SMARTS) is 1. The molecule has 1 saturated heterocycles. The molecule has 1 fully saturated rings. The second-order valence-electron chi connectivity index (χ2n) is 2.86. The Morgan fingerprint density at radius 2 is 1.67 bits per heavy atom. The Hall–Kier alpha value is -1.48. The molecule has 1 aliphatic rings. The topological polar surface area (TPSA) is 129 Å². The number of imide groups is 1. The first kappa shape index (κ1) is 11.6. The molecule has 0 aromatic carbocycles. The molecule has 0 radical (unpaired) electrons. The molecule has 1 unspecified atom stereocenters. The second-order valence-corrected chi connectivity index (χ2v) is 4.34. The van der Waals surface area contributed by atoms with Gasteiger partial charge in [-0.25, -0.2) is 4.79 Å². The predicted molar refractivity (Wildman–Crippen MR) is 44.1 cm³/mol. The van der Waals surface area contributed by atoms with Crippen molar-refractivity contribution in [1.82, 2.24) is 4.90 Å². The van der Waals surface area contributed by atoms with Crippen LogP contribution < -0.4 is 0 Å². The van der Waals surface area contributed by atoms with Crippen LogP contribution in [-0.4, -0.2) is 46.1 Å². The monoisotopic (exact) mass is 237 g/mol. The van der Waals surface area contributed by atoms with Gasteiger partial charge in [0.15, 0.2) is 0 Å². The number of nitrogens with zero attached hydrogens (tertiary/aromatic N) is 1. The van der Waals surface area contributed by atoms with E-state index in [1.54, 1.807) is 0 Å². The zero-order valence-corrected chi connectivity index (χ0v) is 8.10. The molecule has 0 saturated carbocycles. The summed E-state index contributed by atoms with van der Waals surface area (Å²) in [6.07, 6.45) is -0.504. The molecule has 1 heterocycles. The van der Waals surface area contributed by atoms with Crippen LogP contribution in [0, 0.1) is 0 Å². The van der Waals surface area contributed by atoms with Gasteiger partial charge in [0.1, 0.15) is 0 Å². The van der Waals surface area contributed by atoms with E-state index in [9.17, 15) is 22.8 Å². The molecule has 1 aliphatic heterocycles. The molecule has 8 nitrogen and oxygen atoms in total. The van der Waals surface area contributed by atoms with E-state index in [0.29, 0.717) is 0 Å². The first-order chi connectivity index (χ1) is 6.75. The Labute approximate surface area is 84.2 Å². The van der Waals surface area contributed by atoms with Gasteiger partial charge in [-0.15, -0.1) is 0 Å². The first-order valence-corrected chi connectivity index (χ1v) is 5.29. The van der Waals surface area contributed by atoms with Crippen LogP contribution in [-0.2, 0) is 24.5 Å². The lowest BCUT2D eigenvalue weighted by molar-refractivity contribution is -0.150. The minimum Gasteiger partial charge on any atom is -0.479 e. The molecule has 0 bridgehead atoms. The van der Waals surface area contributed by atoms with Crippen LogP contribution in [0.5, 0.6) is 0 Å². The van der Waals surface area contributed by atoms with Gasteiger partial charge in [-0.3, -0.25) is 19.0 Å². The summed E-state index contributed by atoms with van der Waals surface area (Å²) in [4.78, 5) is 32.7. The number of amides is 2. The van der Waals surface area contributed by atoms with Crippen molar-refractivity contribution < 1.29 is 32.5 Å². The number of likely N-dealkylation sites (tertiary alicyclic amines) is 1. The van der Waals surface area contributed by atoms with E-state index in [4.69, 9.17) is 9.66 Å². The van der Waals surface area contributed by atoms with E-state index >= 15 is 0 Å². The summed E-state index contributed by atoms with van der Waals surface area (Å²) >= 11 is 0. The van der Waals surface area contributed by atoms with Gasteiger partial charge in [0.2, 0.25) is 11.8 Å². The molecule has 0 aromatic heterocycles. The summed E-state index contributed by atoms with van der Waals surface area (Å²) in [5, 5.41) is 5.98. The average Bonchev–Trinajstić information content (AvgIpc) is 2.32. The Morgan fingerprint density at radius 3 is 1.93 bits per heavy atom. The van der Waals surface area contributed by atoms with Crippen molar-refractivity contribution in [3.05, 3.63) is 0 Å². The van der Waals surface area contributed by atoms with Crippen LogP contribution in [0.25, 0.3) is 0 Å². The zero-order valence-electron chi connectivity index (χ0n) is 7.28. The van der Waals surface area contributed by atoms with E-state index in [0.717, 1.165) is 0 Å². The van der Waals surface area contributed by atoms with Crippen molar-refractivity contribution in [2.75, 3.05) is 0 Å². The van der Waals surface area contributed by atoms with Gasteiger partial charge in [-0.1, -0.05) is 0 Å². The number of carbonyl (C=O) groups is 3. The third kappa shape index (κ3) is 2.13. The summed E-state index contributed by atoms with van der Waals surface area (Å²) in [7, 11) is -5.03. The molecule has 9 heteroatoms. The third-order valence-electron chi connectivity index (χ3n) is 1.82. The fourth-order valence-electron chi connectivity index (χ4n) is 1.23. The van der Waals surface area contributed by atoms with Crippen LogP contribution in [0.1, 0.15) is 12.8 Å². The van der Waals surface area contributed by atoms with Gasteiger partial charge in [0.25, 0.3) is 15.5 Å². The van der Waals surface area contributed by atoms with Gasteiger partial charge in [0, 0.05) is 12.8 Å². The Kier molecular flexibility index (Phi) is 2.77. The normalized spacial score (nSPS) is 19.4. The Bertz CT molecular complexity index is 409. The molecule has 0 aromatic rings. The number of hydrogen-bond donors (Lipinski definition) is 2. The minimum absolute atomic E-state index is 0.0532. The van der Waals surface area contributed by atoms with E-state index in [1.165, 1.54) is 0 Å². The number of hydrogen-bond acceptors (Lipinski definition) is 5. The van der Waals surface area contributed by atoms with Gasteiger partial charge in [-0.2, -0.15) is 8.42 Å². The second kappa shape index (κ2) is 3.59. The number of carbonyl (C=O) groups excluding carboxylic acids is 2. The highest BCUT2D eigenvalue weighted by molar-refractivity contribution is 7.87. The van der Waals surface area contributed by atoms with Crippen molar-refractivity contribution in [3.63, 3.8) is 0 Å². The van der Waals surface area contributed by atoms with Crippen LogP contribution in [0.4, 0.5) is 0 Å². The zero-order chi connectivity index (χ0) is 11.8. The highest BCUT2D eigenvalue weighted by Gasteiger charge is 2.46. The lowest BCUT2D eigenvalue weighted by atomic mass is 10.4. The molecule has 1 rings (SSSR count). The van der Waals surface area contributed by atoms with Crippen LogP contribution >= 0.6 is 0 Å². The highest BCUT2D eigenvalue weighted by atomic mass is 32.2. The lowest BCUT2D eigenvalue weighted by Gasteiger charge is -2.19. The summed E-state index contributed by atoms with van der Waals surface area (Å²) < 4.78 is 29.9. The maximum Gasteiger partial charge on any atom is 0.345 e. The van der Waals surface area contributed by atoms with E-state index < -0.39 is 33.3 Å². The number of rotatable bonds is 3. The van der Waals surface area contributed by atoms with E-state index in [-0.39, 0.29) is 17.7 Å². The maximum atomic E-state index is 11.0. The third-order valence-corrected chi connectivity index (χ3v) is 2.79. The fraction of sp³-hybridized carbons (Fsp3) is 0.500. The largest absolute Gasteiger partial charge is 0.479 e. The van der Waals surface area contributed by atoms with Crippen molar-refractivity contribution >= 4 is 27.9 Å². The molecule has 84 valence electrons. The number of aliphatic carboxylic acids is 1. The van der Waals surface area contributed by atoms with Gasteiger partial charge in [0.05, 0.1) is 0 Å². The molecular formula is C6H7NO7S. The number of carboxylic acids is 1. The average molecular weight is 237 g/mol. The van der Waals surface area contributed by atoms with Crippen LogP contribution in [0.2, 0.25) is 0 Å². The smallest absolute Gasteiger partial charge is 0.345 e.